The lowest BCUT2D eigenvalue weighted by atomic mass is 10.2. The molecule has 0 saturated carbocycles. The van der Waals surface area contributed by atoms with Crippen molar-refractivity contribution in [2.75, 3.05) is 0 Å². The second-order valence-electron chi connectivity index (χ2n) is 4.33. The third-order valence-corrected chi connectivity index (χ3v) is 2.21. The maximum atomic E-state index is 11.7. The highest BCUT2D eigenvalue weighted by Gasteiger charge is 2.38. The second kappa shape index (κ2) is 6.56. The number of rotatable bonds is 5. The molecule has 0 aromatic heterocycles. The Hall–Kier alpha value is -2.56. The minimum absolute atomic E-state index is 0.203. The van der Waals surface area contributed by atoms with E-state index >= 15 is 0 Å². The zero-order chi connectivity index (χ0) is 15.2. The molecule has 0 aliphatic carbocycles. The van der Waals surface area contributed by atoms with Crippen LogP contribution in [-0.4, -0.2) is 17.7 Å². The van der Waals surface area contributed by atoms with Crippen molar-refractivity contribution < 1.29 is 19.1 Å². The fraction of sp³-hybridized carbons (Fsp3) is 0.200. The van der Waals surface area contributed by atoms with E-state index in [1.807, 2.05) is 0 Å². The number of cyclic esters (lactones) is 2. The van der Waals surface area contributed by atoms with Gasteiger partial charge in [-0.3, -0.25) is 0 Å². The molecule has 0 amide bonds. The molecule has 1 rings (SSSR count). The largest absolute Gasteiger partial charge is 0.419 e. The molecule has 1 aliphatic rings. The molecule has 0 aromatic carbocycles. The van der Waals surface area contributed by atoms with Crippen molar-refractivity contribution in [3.05, 3.63) is 61.0 Å². The maximum absolute atomic E-state index is 11.7. The quantitative estimate of drug-likeness (QED) is 0.360. The van der Waals surface area contributed by atoms with Crippen molar-refractivity contribution in [3.8, 4) is 0 Å². The van der Waals surface area contributed by atoms with Crippen LogP contribution in [0.15, 0.2) is 61.0 Å². The molecule has 20 heavy (non-hydrogen) atoms. The van der Waals surface area contributed by atoms with Gasteiger partial charge in [-0.2, -0.15) is 0 Å². The zero-order valence-electron chi connectivity index (χ0n) is 11.5. The zero-order valence-corrected chi connectivity index (χ0v) is 11.5. The Morgan fingerprint density at radius 1 is 1.15 bits per heavy atom. The van der Waals surface area contributed by atoms with Crippen LogP contribution in [0.4, 0.5) is 0 Å². The standard InChI is InChI=1S/C15H17NO4/c1-5-7-9-11(8-6-2)16-10-12-13(17)19-15(3,4)20-14(12)18/h5-10,16H,1-2H2,3-4H3/b9-7-,11-8+. The summed E-state index contributed by atoms with van der Waals surface area (Å²) >= 11 is 0. The Kier molecular flexibility index (Phi) is 5.08. The van der Waals surface area contributed by atoms with Crippen LogP contribution in [0.1, 0.15) is 13.8 Å². The van der Waals surface area contributed by atoms with E-state index in [1.165, 1.54) is 20.0 Å². The van der Waals surface area contributed by atoms with Crippen LogP contribution in [0.2, 0.25) is 0 Å². The number of carbonyl (C=O) groups is 2. The third kappa shape index (κ3) is 4.28. The summed E-state index contributed by atoms with van der Waals surface area (Å²) in [6.45, 7) is 10.1. The normalized spacial score (nSPS) is 18.3. The highest BCUT2D eigenvalue weighted by atomic mass is 16.7. The van der Waals surface area contributed by atoms with Gasteiger partial charge in [0.1, 0.15) is 0 Å². The average molecular weight is 275 g/mol. The molecular weight excluding hydrogens is 258 g/mol. The van der Waals surface area contributed by atoms with Crippen molar-refractivity contribution in [3.63, 3.8) is 0 Å². The smallest absolute Gasteiger partial charge is 0.350 e. The van der Waals surface area contributed by atoms with Gasteiger partial charge < -0.3 is 14.8 Å². The van der Waals surface area contributed by atoms with Gasteiger partial charge in [0, 0.05) is 25.7 Å². The molecule has 1 fully saturated rings. The van der Waals surface area contributed by atoms with Crippen LogP contribution >= 0.6 is 0 Å². The van der Waals surface area contributed by atoms with E-state index in [9.17, 15) is 9.59 Å². The third-order valence-electron chi connectivity index (χ3n) is 2.21. The molecule has 106 valence electrons. The van der Waals surface area contributed by atoms with Crippen LogP contribution in [0, 0.1) is 0 Å². The summed E-state index contributed by atoms with van der Waals surface area (Å²) in [4.78, 5) is 23.4. The molecule has 1 heterocycles. The van der Waals surface area contributed by atoms with Crippen molar-refractivity contribution in [1.29, 1.82) is 0 Å². The second-order valence-corrected chi connectivity index (χ2v) is 4.33. The first-order valence-corrected chi connectivity index (χ1v) is 5.95. The van der Waals surface area contributed by atoms with E-state index in [-0.39, 0.29) is 5.57 Å². The molecule has 0 spiro atoms. The summed E-state index contributed by atoms with van der Waals surface area (Å²) in [7, 11) is 0. The average Bonchev–Trinajstić information content (AvgIpc) is 2.33. The van der Waals surface area contributed by atoms with Gasteiger partial charge >= 0.3 is 11.9 Å². The van der Waals surface area contributed by atoms with E-state index in [0.29, 0.717) is 5.70 Å². The fourth-order valence-electron chi connectivity index (χ4n) is 1.38. The topological polar surface area (TPSA) is 64.6 Å². The molecule has 0 aromatic rings. The summed E-state index contributed by atoms with van der Waals surface area (Å²) < 4.78 is 9.93. The Labute approximate surface area is 117 Å². The summed E-state index contributed by atoms with van der Waals surface area (Å²) in [5, 5.41) is 2.80. The Bertz CT molecular complexity index is 502. The summed E-state index contributed by atoms with van der Waals surface area (Å²) in [5.74, 6) is -2.71. The van der Waals surface area contributed by atoms with Gasteiger partial charge in [-0.15, -0.1) is 0 Å². The molecule has 5 nitrogen and oxygen atoms in total. The minimum Gasteiger partial charge on any atom is -0.419 e. The van der Waals surface area contributed by atoms with E-state index in [1.54, 1.807) is 30.4 Å². The first-order valence-electron chi connectivity index (χ1n) is 5.95. The lowest BCUT2D eigenvalue weighted by Crippen LogP contribution is -2.42. The highest BCUT2D eigenvalue weighted by molar-refractivity contribution is 6.15. The van der Waals surface area contributed by atoms with Crippen LogP contribution in [0.25, 0.3) is 0 Å². The summed E-state index contributed by atoms with van der Waals surface area (Å²) in [5.41, 5.74) is 0.420. The van der Waals surface area contributed by atoms with E-state index in [4.69, 9.17) is 9.47 Å². The number of allylic oxidation sites excluding steroid dienone is 5. The molecule has 5 heteroatoms. The first-order chi connectivity index (χ1) is 9.39. The maximum Gasteiger partial charge on any atom is 0.350 e. The highest BCUT2D eigenvalue weighted by Crippen LogP contribution is 2.22. The van der Waals surface area contributed by atoms with Gasteiger partial charge in [0.25, 0.3) is 5.79 Å². The van der Waals surface area contributed by atoms with Gasteiger partial charge in [0.2, 0.25) is 0 Å². The van der Waals surface area contributed by atoms with Crippen molar-refractivity contribution in [2.24, 2.45) is 0 Å². The van der Waals surface area contributed by atoms with Gasteiger partial charge in [-0.1, -0.05) is 31.4 Å². The summed E-state index contributed by atoms with van der Waals surface area (Å²) in [6, 6.07) is 0. The Morgan fingerprint density at radius 2 is 1.75 bits per heavy atom. The Morgan fingerprint density at radius 3 is 2.25 bits per heavy atom. The molecule has 0 atom stereocenters. The number of hydrogen-bond acceptors (Lipinski definition) is 5. The number of esters is 2. The van der Waals surface area contributed by atoms with Crippen LogP contribution in [0.5, 0.6) is 0 Å². The number of carbonyl (C=O) groups excluding carboxylic acids is 2. The van der Waals surface area contributed by atoms with Crippen LogP contribution in [-0.2, 0) is 19.1 Å². The van der Waals surface area contributed by atoms with Crippen molar-refractivity contribution in [1.82, 2.24) is 5.32 Å². The minimum atomic E-state index is -1.24. The monoisotopic (exact) mass is 275 g/mol. The number of ether oxygens (including phenoxy) is 2. The van der Waals surface area contributed by atoms with Crippen molar-refractivity contribution >= 4 is 11.9 Å². The lowest BCUT2D eigenvalue weighted by molar-refractivity contribution is -0.222. The Balaban J connectivity index is 2.88. The number of nitrogens with one attached hydrogen (secondary N) is 1. The van der Waals surface area contributed by atoms with Crippen molar-refractivity contribution in [2.45, 2.75) is 19.6 Å². The van der Waals surface area contributed by atoms with Crippen LogP contribution in [0.3, 0.4) is 0 Å². The van der Waals surface area contributed by atoms with E-state index < -0.39 is 17.7 Å². The number of hydrogen-bond donors (Lipinski definition) is 1. The van der Waals surface area contributed by atoms with E-state index in [2.05, 4.69) is 18.5 Å². The molecule has 0 bridgehead atoms. The van der Waals surface area contributed by atoms with Gasteiger partial charge in [-0.05, 0) is 12.2 Å². The molecule has 0 radical (unpaired) electrons. The first kappa shape index (κ1) is 15.5. The molecule has 1 aliphatic heterocycles. The predicted octanol–water partition coefficient (Wildman–Crippen LogP) is 2.11. The molecule has 1 N–H and O–H groups in total. The van der Waals surface area contributed by atoms with E-state index in [0.717, 1.165) is 0 Å². The fourth-order valence-corrected chi connectivity index (χ4v) is 1.38. The van der Waals surface area contributed by atoms with Gasteiger partial charge in [0.15, 0.2) is 5.57 Å². The van der Waals surface area contributed by atoms with Crippen LogP contribution < -0.4 is 5.32 Å². The SMILES string of the molecule is C=C/C=C\C(=C/C=C)NC=C1C(=O)OC(C)(C)OC1=O. The summed E-state index contributed by atoms with van der Waals surface area (Å²) in [6.07, 6.45) is 9.46. The lowest BCUT2D eigenvalue weighted by Gasteiger charge is -2.29. The molecular formula is C15H17NO4. The predicted molar refractivity (Wildman–Crippen MR) is 75.1 cm³/mol. The molecule has 0 unspecified atom stereocenters. The van der Waals surface area contributed by atoms with Gasteiger partial charge in [-0.25, -0.2) is 9.59 Å². The molecule has 1 saturated heterocycles. The van der Waals surface area contributed by atoms with Gasteiger partial charge in [0.05, 0.1) is 0 Å².